The normalized spacial score (nSPS) is 16.0. The summed E-state index contributed by atoms with van der Waals surface area (Å²) in [6, 6.07) is 11.1. The minimum absolute atomic E-state index is 0.0784. The van der Waals surface area contributed by atoms with Crippen molar-refractivity contribution in [2.75, 3.05) is 23.9 Å². The number of hydrogen-bond donors (Lipinski definition) is 1. The number of thioether (sulfide) groups is 1. The topological polar surface area (TPSA) is 97.3 Å². The molecule has 1 aromatic carbocycles. The smallest absolute Gasteiger partial charge is 0.231 e. The maximum Gasteiger partial charge on any atom is 0.231 e. The van der Waals surface area contributed by atoms with Crippen molar-refractivity contribution in [1.29, 1.82) is 0 Å². The molecule has 3 heterocycles. The lowest BCUT2D eigenvalue weighted by atomic mass is 10.1. The van der Waals surface area contributed by atoms with Gasteiger partial charge in [0.15, 0.2) is 4.34 Å². The number of nitrogens with zero attached hydrogens (tertiary/aromatic N) is 4. The maximum atomic E-state index is 12.6. The van der Waals surface area contributed by atoms with Crippen molar-refractivity contribution in [2.24, 2.45) is 5.92 Å². The molecule has 8 nitrogen and oxygen atoms in total. The fourth-order valence-corrected chi connectivity index (χ4v) is 4.74. The molecule has 1 aliphatic rings. The Morgan fingerprint density at radius 3 is 2.87 bits per heavy atom. The fourth-order valence-electron chi connectivity index (χ4n) is 3.05. The molecule has 0 unspecified atom stereocenters. The number of carbonyl (C=O) groups is 2. The van der Waals surface area contributed by atoms with Crippen LogP contribution in [0.2, 0.25) is 0 Å². The molecule has 1 fully saturated rings. The van der Waals surface area contributed by atoms with Crippen molar-refractivity contribution < 1.29 is 14.3 Å². The van der Waals surface area contributed by atoms with Gasteiger partial charge in [0.1, 0.15) is 5.75 Å². The van der Waals surface area contributed by atoms with Gasteiger partial charge in [-0.3, -0.25) is 14.6 Å². The highest BCUT2D eigenvalue weighted by Crippen LogP contribution is 2.30. The van der Waals surface area contributed by atoms with Crippen LogP contribution in [0.5, 0.6) is 5.75 Å². The molecule has 10 heteroatoms. The van der Waals surface area contributed by atoms with Crippen LogP contribution in [0.25, 0.3) is 0 Å². The summed E-state index contributed by atoms with van der Waals surface area (Å²) < 4.78 is 5.91. The van der Waals surface area contributed by atoms with E-state index >= 15 is 0 Å². The largest absolute Gasteiger partial charge is 0.497 e. The van der Waals surface area contributed by atoms with Crippen molar-refractivity contribution in [3.63, 3.8) is 0 Å². The molecular weight excluding hydrogens is 422 g/mol. The van der Waals surface area contributed by atoms with E-state index < -0.39 is 5.92 Å². The number of amides is 2. The second kappa shape index (κ2) is 9.23. The first kappa shape index (κ1) is 20.3. The Morgan fingerprint density at radius 2 is 2.13 bits per heavy atom. The molecule has 0 saturated carbocycles. The highest BCUT2D eigenvalue weighted by atomic mass is 32.2. The number of methoxy groups -OCH3 is 1. The van der Waals surface area contributed by atoms with Crippen LogP contribution in [-0.2, 0) is 15.3 Å². The molecule has 30 heavy (non-hydrogen) atoms. The number of benzene rings is 1. The van der Waals surface area contributed by atoms with Gasteiger partial charge in [0.2, 0.25) is 16.9 Å². The van der Waals surface area contributed by atoms with Gasteiger partial charge in [0, 0.05) is 36.8 Å². The molecule has 0 radical (unpaired) electrons. The molecule has 0 spiro atoms. The summed E-state index contributed by atoms with van der Waals surface area (Å²) in [6.45, 7) is 0.332. The molecule has 1 N–H and O–H groups in total. The molecule has 0 bridgehead atoms. The highest BCUT2D eigenvalue weighted by Gasteiger charge is 2.35. The summed E-state index contributed by atoms with van der Waals surface area (Å²) in [4.78, 5) is 30.8. The van der Waals surface area contributed by atoms with Gasteiger partial charge in [0.05, 0.1) is 13.0 Å². The first-order chi connectivity index (χ1) is 14.6. The van der Waals surface area contributed by atoms with Crippen LogP contribution in [0.1, 0.15) is 12.0 Å². The average Bonchev–Trinajstić information content (AvgIpc) is 3.39. The third kappa shape index (κ3) is 4.77. The molecule has 1 saturated heterocycles. The van der Waals surface area contributed by atoms with Crippen LogP contribution in [0.3, 0.4) is 0 Å². The van der Waals surface area contributed by atoms with Crippen LogP contribution in [0.15, 0.2) is 53.1 Å². The van der Waals surface area contributed by atoms with Crippen LogP contribution >= 0.6 is 23.1 Å². The highest BCUT2D eigenvalue weighted by molar-refractivity contribution is 8.00. The summed E-state index contributed by atoms with van der Waals surface area (Å²) in [7, 11) is 1.59. The van der Waals surface area contributed by atoms with Crippen molar-refractivity contribution >= 4 is 45.7 Å². The van der Waals surface area contributed by atoms with Crippen LogP contribution in [-0.4, -0.2) is 40.7 Å². The third-order valence-corrected chi connectivity index (χ3v) is 6.64. The van der Waals surface area contributed by atoms with Gasteiger partial charge in [-0.2, -0.15) is 0 Å². The van der Waals surface area contributed by atoms with Gasteiger partial charge in [-0.1, -0.05) is 29.2 Å². The predicted molar refractivity (Wildman–Crippen MR) is 116 cm³/mol. The lowest BCUT2D eigenvalue weighted by molar-refractivity contribution is -0.122. The lowest BCUT2D eigenvalue weighted by Crippen LogP contribution is -2.28. The van der Waals surface area contributed by atoms with E-state index in [1.807, 2.05) is 30.5 Å². The summed E-state index contributed by atoms with van der Waals surface area (Å²) in [5, 5.41) is 11.4. The molecule has 3 aromatic rings. The van der Waals surface area contributed by atoms with Gasteiger partial charge >= 0.3 is 0 Å². The second-order valence-electron chi connectivity index (χ2n) is 6.62. The first-order valence-electron chi connectivity index (χ1n) is 9.23. The standard InChI is InChI=1S/C20H19N5O3S2/c1-28-16-6-4-15(5-7-16)25-11-14(9-17(25)26)18(27)22-19-23-24-20(30-19)29-12-13-3-2-8-21-10-13/h2-8,10,14H,9,11-12H2,1H3,(H,22,23,27)/t14-/m0/s1. The second-order valence-corrected chi connectivity index (χ2v) is 8.82. The Morgan fingerprint density at radius 1 is 1.30 bits per heavy atom. The average molecular weight is 442 g/mol. The van der Waals surface area contributed by atoms with Gasteiger partial charge in [-0.25, -0.2) is 0 Å². The zero-order valence-electron chi connectivity index (χ0n) is 16.1. The number of aromatic nitrogens is 3. The fraction of sp³-hybridized carbons (Fsp3) is 0.250. The van der Waals surface area contributed by atoms with Crippen molar-refractivity contribution in [3.8, 4) is 5.75 Å². The quantitative estimate of drug-likeness (QED) is 0.444. The molecular formula is C20H19N5O3S2. The summed E-state index contributed by atoms with van der Waals surface area (Å²) >= 11 is 2.85. The van der Waals surface area contributed by atoms with Crippen LogP contribution in [0.4, 0.5) is 10.8 Å². The Labute approximate surface area is 181 Å². The number of carbonyl (C=O) groups excluding carboxylic acids is 2. The zero-order valence-corrected chi connectivity index (χ0v) is 17.8. The number of pyridine rings is 1. The van der Waals surface area contributed by atoms with E-state index in [0.29, 0.717) is 17.4 Å². The van der Waals surface area contributed by atoms with Gasteiger partial charge in [-0.15, -0.1) is 10.2 Å². The van der Waals surface area contributed by atoms with E-state index in [-0.39, 0.29) is 18.2 Å². The predicted octanol–water partition coefficient (Wildman–Crippen LogP) is 3.23. The number of ether oxygens (including phenoxy) is 1. The number of hydrogen-bond acceptors (Lipinski definition) is 8. The van der Waals surface area contributed by atoms with E-state index in [1.54, 1.807) is 30.3 Å². The maximum absolute atomic E-state index is 12.6. The van der Waals surface area contributed by atoms with Gasteiger partial charge in [0.25, 0.3) is 0 Å². The Kier molecular flexibility index (Phi) is 6.24. The van der Waals surface area contributed by atoms with Gasteiger partial charge < -0.3 is 15.0 Å². The number of nitrogens with one attached hydrogen (secondary N) is 1. The molecule has 2 aromatic heterocycles. The first-order valence-corrected chi connectivity index (χ1v) is 11.0. The molecule has 1 atom stereocenters. The minimum atomic E-state index is -0.435. The summed E-state index contributed by atoms with van der Waals surface area (Å²) in [6.07, 6.45) is 3.71. The van der Waals surface area contributed by atoms with Crippen LogP contribution < -0.4 is 15.0 Å². The van der Waals surface area contributed by atoms with Crippen molar-refractivity contribution in [1.82, 2.24) is 15.2 Å². The van der Waals surface area contributed by atoms with Gasteiger partial charge in [-0.05, 0) is 35.9 Å². The Bertz CT molecular complexity index is 1030. The Hall–Kier alpha value is -2.98. The van der Waals surface area contributed by atoms with E-state index in [2.05, 4.69) is 20.5 Å². The number of rotatable bonds is 7. The van der Waals surface area contributed by atoms with Crippen molar-refractivity contribution in [2.45, 2.75) is 16.5 Å². The molecule has 2 amide bonds. The third-order valence-electron chi connectivity index (χ3n) is 4.60. The van der Waals surface area contributed by atoms with E-state index in [9.17, 15) is 9.59 Å². The molecule has 0 aliphatic carbocycles. The zero-order chi connectivity index (χ0) is 20.9. The monoisotopic (exact) mass is 441 g/mol. The van der Waals surface area contributed by atoms with E-state index in [1.165, 1.54) is 23.1 Å². The molecule has 1 aliphatic heterocycles. The number of anilines is 2. The minimum Gasteiger partial charge on any atom is -0.497 e. The van der Waals surface area contributed by atoms with E-state index in [0.717, 1.165) is 21.3 Å². The molecule has 154 valence electrons. The Balaban J connectivity index is 1.33. The summed E-state index contributed by atoms with van der Waals surface area (Å²) in [5.74, 6) is 0.706. The van der Waals surface area contributed by atoms with Crippen LogP contribution in [0, 0.1) is 5.92 Å². The lowest BCUT2D eigenvalue weighted by Gasteiger charge is -2.16. The van der Waals surface area contributed by atoms with E-state index in [4.69, 9.17) is 4.74 Å². The summed E-state index contributed by atoms with van der Waals surface area (Å²) in [5.41, 5.74) is 1.84. The van der Waals surface area contributed by atoms with Crippen molar-refractivity contribution in [3.05, 3.63) is 54.4 Å². The molecule has 4 rings (SSSR count). The SMILES string of the molecule is COc1ccc(N2C[C@@H](C(=O)Nc3nnc(SCc4cccnc4)s3)CC2=O)cc1.